The second kappa shape index (κ2) is 7.46. The largest absolute Gasteiger partial charge is 0.365 e. The number of carbonyl (C=O) groups excluding carboxylic acids is 1. The SMILES string of the molecule is CC1=CC(C)(C)N(C)c2cc(F)c(/C=N\NC(=O)c3ccc([N+](=O)[O-])cc3)cc21. The van der Waals surface area contributed by atoms with Crippen LogP contribution in [0.5, 0.6) is 0 Å². The van der Waals surface area contributed by atoms with Gasteiger partial charge in [0.2, 0.25) is 0 Å². The van der Waals surface area contributed by atoms with Gasteiger partial charge in [0, 0.05) is 41.6 Å². The summed E-state index contributed by atoms with van der Waals surface area (Å²) in [5.41, 5.74) is 5.15. The van der Waals surface area contributed by atoms with Crippen LogP contribution < -0.4 is 10.3 Å². The van der Waals surface area contributed by atoms with E-state index in [1.54, 1.807) is 6.07 Å². The molecule has 0 unspecified atom stereocenters. The molecule has 1 amide bonds. The predicted octanol–water partition coefficient (Wildman–Crippen LogP) is 4.13. The minimum absolute atomic E-state index is 0.113. The van der Waals surface area contributed by atoms with Crippen molar-refractivity contribution in [3.63, 3.8) is 0 Å². The lowest BCUT2D eigenvalue weighted by Gasteiger charge is -2.40. The molecule has 0 bridgehead atoms. The Labute approximate surface area is 167 Å². The number of hydrazone groups is 1. The van der Waals surface area contributed by atoms with Crippen LogP contribution in [0.3, 0.4) is 0 Å². The molecule has 0 aliphatic carbocycles. The molecule has 1 N–H and O–H groups in total. The molecule has 0 radical (unpaired) electrons. The van der Waals surface area contributed by atoms with E-state index in [0.717, 1.165) is 16.8 Å². The Balaban J connectivity index is 1.79. The van der Waals surface area contributed by atoms with Crippen LogP contribution in [0.4, 0.5) is 15.8 Å². The van der Waals surface area contributed by atoms with Crippen LogP contribution in [0.15, 0.2) is 47.6 Å². The minimum atomic E-state index is -0.549. The standard InChI is InChI=1S/C21H21FN4O3/c1-13-11-21(2,3)25(4)19-10-18(22)15(9-17(13)19)12-23-24-20(27)14-5-7-16(8-6-14)26(28)29/h5-12H,1-4H3,(H,24,27)/b23-12-. The molecule has 0 saturated carbocycles. The van der Waals surface area contributed by atoms with Crippen molar-refractivity contribution in [3.05, 3.63) is 75.1 Å². The molecular weight excluding hydrogens is 375 g/mol. The maximum atomic E-state index is 14.6. The third kappa shape index (κ3) is 4.01. The molecule has 0 fully saturated rings. The predicted molar refractivity (Wildman–Crippen MR) is 111 cm³/mol. The molecule has 0 saturated heterocycles. The fraction of sp³-hybridized carbons (Fsp3) is 0.238. The maximum Gasteiger partial charge on any atom is 0.271 e. The molecule has 0 aromatic heterocycles. The Kier molecular flexibility index (Phi) is 5.19. The number of benzene rings is 2. The molecule has 3 rings (SSSR count). The van der Waals surface area contributed by atoms with E-state index in [2.05, 4.69) is 30.5 Å². The van der Waals surface area contributed by atoms with Gasteiger partial charge in [-0.05, 0) is 50.6 Å². The molecular formula is C21H21FN4O3. The van der Waals surface area contributed by atoms with Crippen molar-refractivity contribution < 1.29 is 14.1 Å². The first-order valence-corrected chi connectivity index (χ1v) is 8.95. The van der Waals surface area contributed by atoms with Crippen molar-refractivity contribution >= 4 is 29.1 Å². The highest BCUT2D eigenvalue weighted by molar-refractivity contribution is 5.95. The first-order chi connectivity index (χ1) is 13.6. The lowest BCUT2D eigenvalue weighted by atomic mass is 9.88. The molecule has 29 heavy (non-hydrogen) atoms. The fourth-order valence-electron chi connectivity index (χ4n) is 3.25. The third-order valence-electron chi connectivity index (χ3n) is 5.05. The zero-order valence-electron chi connectivity index (χ0n) is 16.6. The van der Waals surface area contributed by atoms with E-state index in [4.69, 9.17) is 0 Å². The van der Waals surface area contributed by atoms with Crippen molar-refractivity contribution in [3.8, 4) is 0 Å². The number of nitro benzene ring substituents is 1. The summed E-state index contributed by atoms with van der Waals surface area (Å²) < 4.78 is 14.6. The van der Waals surface area contributed by atoms with E-state index < -0.39 is 16.6 Å². The van der Waals surface area contributed by atoms with Gasteiger partial charge in [0.15, 0.2) is 0 Å². The number of nitro groups is 1. The molecule has 0 spiro atoms. The summed E-state index contributed by atoms with van der Waals surface area (Å²) in [6.45, 7) is 6.09. The monoisotopic (exact) mass is 396 g/mol. The van der Waals surface area contributed by atoms with Gasteiger partial charge in [-0.25, -0.2) is 9.82 Å². The molecule has 8 heteroatoms. The number of halogens is 1. The van der Waals surface area contributed by atoms with Gasteiger partial charge >= 0.3 is 0 Å². The van der Waals surface area contributed by atoms with Crippen LogP contribution in [-0.2, 0) is 0 Å². The molecule has 2 aromatic rings. The van der Waals surface area contributed by atoms with Crippen LogP contribution >= 0.6 is 0 Å². The van der Waals surface area contributed by atoms with Crippen molar-refractivity contribution in [1.29, 1.82) is 0 Å². The lowest BCUT2D eigenvalue weighted by molar-refractivity contribution is -0.384. The highest BCUT2D eigenvalue weighted by Gasteiger charge is 2.29. The number of carbonyl (C=O) groups is 1. The topological polar surface area (TPSA) is 87.8 Å². The van der Waals surface area contributed by atoms with Crippen LogP contribution in [0.25, 0.3) is 5.57 Å². The van der Waals surface area contributed by atoms with Crippen molar-refractivity contribution in [2.24, 2.45) is 5.10 Å². The maximum absolute atomic E-state index is 14.6. The number of nitrogens with one attached hydrogen (secondary N) is 1. The van der Waals surface area contributed by atoms with E-state index in [1.165, 1.54) is 36.5 Å². The summed E-state index contributed by atoms with van der Waals surface area (Å²) in [5.74, 6) is -0.999. The number of likely N-dealkylation sites (N-methyl/N-ethyl adjacent to an activating group) is 1. The Morgan fingerprint density at radius 1 is 1.28 bits per heavy atom. The highest BCUT2D eigenvalue weighted by atomic mass is 19.1. The molecule has 1 aliphatic heterocycles. The summed E-state index contributed by atoms with van der Waals surface area (Å²) in [6, 6.07) is 8.28. The Bertz CT molecular complexity index is 1040. The summed E-state index contributed by atoms with van der Waals surface area (Å²) in [7, 11) is 1.92. The average molecular weight is 396 g/mol. The number of fused-ring (bicyclic) bond motifs is 1. The number of hydrogen-bond acceptors (Lipinski definition) is 5. The molecule has 7 nitrogen and oxygen atoms in total. The normalized spacial score (nSPS) is 15.1. The number of rotatable bonds is 4. The van der Waals surface area contributed by atoms with Crippen molar-refractivity contribution in [2.45, 2.75) is 26.3 Å². The average Bonchev–Trinajstić information content (AvgIpc) is 2.66. The second-order valence-corrected chi connectivity index (χ2v) is 7.43. The Morgan fingerprint density at radius 2 is 1.93 bits per heavy atom. The Hall–Kier alpha value is -3.55. The second-order valence-electron chi connectivity index (χ2n) is 7.43. The van der Waals surface area contributed by atoms with Gasteiger partial charge in [-0.1, -0.05) is 6.08 Å². The van der Waals surface area contributed by atoms with Crippen LogP contribution in [0.1, 0.15) is 42.3 Å². The number of hydrogen-bond donors (Lipinski definition) is 1. The summed E-state index contributed by atoms with van der Waals surface area (Å²) in [4.78, 5) is 24.2. The number of anilines is 1. The van der Waals surface area contributed by atoms with E-state index in [1.807, 2.05) is 18.9 Å². The van der Waals surface area contributed by atoms with Gasteiger partial charge in [0.25, 0.3) is 11.6 Å². The molecule has 150 valence electrons. The van der Waals surface area contributed by atoms with E-state index in [-0.39, 0.29) is 22.4 Å². The summed E-state index contributed by atoms with van der Waals surface area (Å²) in [6.07, 6.45) is 3.36. The van der Waals surface area contributed by atoms with Gasteiger partial charge in [0.1, 0.15) is 5.82 Å². The van der Waals surface area contributed by atoms with Crippen molar-refractivity contribution in [2.75, 3.05) is 11.9 Å². The van der Waals surface area contributed by atoms with E-state index in [0.29, 0.717) is 0 Å². The van der Waals surface area contributed by atoms with Gasteiger partial charge in [0.05, 0.1) is 16.7 Å². The quantitative estimate of drug-likeness (QED) is 0.478. The third-order valence-corrected chi connectivity index (χ3v) is 5.05. The zero-order valence-corrected chi connectivity index (χ0v) is 16.6. The Morgan fingerprint density at radius 3 is 2.55 bits per heavy atom. The highest BCUT2D eigenvalue weighted by Crippen LogP contribution is 2.38. The molecule has 0 atom stereocenters. The lowest BCUT2D eigenvalue weighted by Crippen LogP contribution is -2.42. The number of nitrogens with zero attached hydrogens (tertiary/aromatic N) is 3. The van der Waals surface area contributed by atoms with Crippen LogP contribution in [-0.4, -0.2) is 29.6 Å². The number of non-ortho nitro benzene ring substituents is 1. The fourth-order valence-corrected chi connectivity index (χ4v) is 3.25. The number of allylic oxidation sites excluding steroid dienone is 1. The van der Waals surface area contributed by atoms with Gasteiger partial charge in [-0.15, -0.1) is 0 Å². The van der Waals surface area contributed by atoms with Gasteiger partial charge < -0.3 is 4.90 Å². The minimum Gasteiger partial charge on any atom is -0.365 e. The summed E-state index contributed by atoms with van der Waals surface area (Å²) in [5, 5.41) is 14.5. The van der Waals surface area contributed by atoms with Crippen LogP contribution in [0.2, 0.25) is 0 Å². The zero-order chi connectivity index (χ0) is 21.3. The van der Waals surface area contributed by atoms with Gasteiger partial charge in [-0.3, -0.25) is 14.9 Å². The summed E-state index contributed by atoms with van der Waals surface area (Å²) >= 11 is 0. The van der Waals surface area contributed by atoms with E-state index >= 15 is 0 Å². The van der Waals surface area contributed by atoms with Crippen molar-refractivity contribution in [1.82, 2.24) is 5.43 Å². The number of amides is 1. The van der Waals surface area contributed by atoms with Crippen LogP contribution in [0, 0.1) is 15.9 Å². The molecule has 2 aromatic carbocycles. The smallest absolute Gasteiger partial charge is 0.271 e. The first-order valence-electron chi connectivity index (χ1n) is 8.95. The van der Waals surface area contributed by atoms with Gasteiger partial charge in [-0.2, -0.15) is 5.10 Å². The first kappa shape index (κ1) is 20.2. The van der Waals surface area contributed by atoms with E-state index in [9.17, 15) is 19.3 Å². The molecule has 1 heterocycles. The molecule has 1 aliphatic rings.